The molecule has 170 valence electrons. The number of aromatic nitrogens is 5. The van der Waals surface area contributed by atoms with Gasteiger partial charge in [0.2, 0.25) is 0 Å². The summed E-state index contributed by atoms with van der Waals surface area (Å²) in [6.45, 7) is 5.11. The summed E-state index contributed by atoms with van der Waals surface area (Å²) in [5.74, 6) is -0.552. The highest BCUT2D eigenvalue weighted by Gasteiger charge is 2.17. The third-order valence-corrected chi connectivity index (χ3v) is 5.63. The predicted molar refractivity (Wildman–Crippen MR) is 129 cm³/mol. The molecule has 0 spiro atoms. The van der Waals surface area contributed by atoms with E-state index in [1.165, 1.54) is 12.1 Å². The van der Waals surface area contributed by atoms with Crippen LogP contribution in [0, 0.1) is 12.7 Å². The van der Waals surface area contributed by atoms with Crippen LogP contribution in [0.15, 0.2) is 73.2 Å². The summed E-state index contributed by atoms with van der Waals surface area (Å²) in [4.78, 5) is 18.1. The Kier molecular flexibility index (Phi) is 5.63. The first kappa shape index (κ1) is 21.5. The number of nitrogens with zero attached hydrogens (tertiary/aromatic N) is 5. The van der Waals surface area contributed by atoms with E-state index in [9.17, 15) is 9.18 Å². The van der Waals surface area contributed by atoms with Gasteiger partial charge in [-0.05, 0) is 43.7 Å². The molecule has 5 aromatic rings. The Morgan fingerprint density at radius 2 is 1.91 bits per heavy atom. The third-order valence-electron chi connectivity index (χ3n) is 5.63. The van der Waals surface area contributed by atoms with Crippen molar-refractivity contribution in [2.45, 2.75) is 26.9 Å². The molecule has 5 rings (SSSR count). The van der Waals surface area contributed by atoms with E-state index < -0.39 is 0 Å². The second kappa shape index (κ2) is 8.90. The zero-order valence-electron chi connectivity index (χ0n) is 18.9. The Balaban J connectivity index is 1.45. The molecule has 0 bridgehead atoms. The van der Waals surface area contributed by atoms with Crippen molar-refractivity contribution in [2.24, 2.45) is 0 Å². The van der Waals surface area contributed by atoms with E-state index in [4.69, 9.17) is 4.98 Å². The van der Waals surface area contributed by atoms with Crippen molar-refractivity contribution in [3.63, 3.8) is 0 Å². The number of benzene rings is 2. The molecule has 0 saturated carbocycles. The Hall–Kier alpha value is -4.33. The molecule has 0 aliphatic rings. The molecule has 0 radical (unpaired) electrons. The van der Waals surface area contributed by atoms with E-state index in [-0.39, 0.29) is 11.7 Å². The number of carbonyl (C=O) groups is 1. The molecule has 8 heteroatoms. The van der Waals surface area contributed by atoms with Gasteiger partial charge in [-0.15, -0.1) is 0 Å². The number of anilines is 1. The topological polar surface area (TPSA) is 77.6 Å². The molecule has 0 atom stereocenters. The minimum atomic E-state index is -0.293. The Labute approximate surface area is 195 Å². The summed E-state index contributed by atoms with van der Waals surface area (Å²) in [5, 5.41) is 12.5. The minimum Gasteiger partial charge on any atom is -0.319 e. The van der Waals surface area contributed by atoms with Crippen molar-refractivity contribution in [1.29, 1.82) is 0 Å². The van der Waals surface area contributed by atoms with E-state index in [0.717, 1.165) is 34.3 Å². The number of nitrogens with one attached hydrogen (secondary N) is 1. The van der Waals surface area contributed by atoms with Crippen molar-refractivity contribution < 1.29 is 9.18 Å². The van der Waals surface area contributed by atoms with Crippen LogP contribution in [0.3, 0.4) is 0 Å². The first-order valence-electron chi connectivity index (χ1n) is 11.0. The van der Waals surface area contributed by atoms with Crippen LogP contribution in [0.2, 0.25) is 0 Å². The molecule has 0 unspecified atom stereocenters. The summed E-state index contributed by atoms with van der Waals surface area (Å²) in [6.07, 6.45) is 5.25. The number of hydrogen-bond acceptors (Lipinski definition) is 4. The Morgan fingerprint density at radius 1 is 1.06 bits per heavy atom. The fourth-order valence-electron chi connectivity index (χ4n) is 3.97. The van der Waals surface area contributed by atoms with Crippen LogP contribution in [0.25, 0.3) is 22.2 Å². The number of carbonyl (C=O) groups excluding carboxylic acids is 1. The molecule has 0 aliphatic heterocycles. The fourth-order valence-corrected chi connectivity index (χ4v) is 3.97. The van der Waals surface area contributed by atoms with Gasteiger partial charge >= 0.3 is 0 Å². The van der Waals surface area contributed by atoms with Crippen LogP contribution in [-0.2, 0) is 13.1 Å². The second-order valence-electron chi connectivity index (χ2n) is 8.07. The fraction of sp³-hybridized carbons (Fsp3) is 0.154. The Morgan fingerprint density at radius 3 is 2.71 bits per heavy atom. The van der Waals surface area contributed by atoms with Crippen LogP contribution >= 0.6 is 0 Å². The third kappa shape index (κ3) is 4.30. The molecule has 7 nitrogen and oxygen atoms in total. The molecule has 3 heterocycles. The number of pyridine rings is 1. The van der Waals surface area contributed by atoms with Crippen LogP contribution < -0.4 is 5.32 Å². The average molecular weight is 455 g/mol. The van der Waals surface area contributed by atoms with Gasteiger partial charge in [-0.3, -0.25) is 14.2 Å². The lowest BCUT2D eigenvalue weighted by Crippen LogP contribution is -2.13. The van der Waals surface area contributed by atoms with Gasteiger partial charge in [0.15, 0.2) is 0 Å². The normalized spacial score (nSPS) is 11.1. The van der Waals surface area contributed by atoms with Crippen molar-refractivity contribution in [3.8, 4) is 11.3 Å². The number of rotatable bonds is 6. The highest BCUT2D eigenvalue weighted by Crippen LogP contribution is 2.27. The van der Waals surface area contributed by atoms with Gasteiger partial charge in [-0.25, -0.2) is 9.37 Å². The van der Waals surface area contributed by atoms with Crippen molar-refractivity contribution in [2.75, 3.05) is 5.32 Å². The highest BCUT2D eigenvalue weighted by atomic mass is 19.1. The molecule has 2 aromatic carbocycles. The summed E-state index contributed by atoms with van der Waals surface area (Å²) in [6, 6.07) is 15.7. The summed E-state index contributed by atoms with van der Waals surface area (Å²) in [5.41, 5.74) is 5.03. The molecule has 0 saturated heterocycles. The van der Waals surface area contributed by atoms with E-state index in [0.29, 0.717) is 23.5 Å². The lowest BCUT2D eigenvalue weighted by atomic mass is 10.0. The number of amides is 1. The van der Waals surface area contributed by atoms with Crippen molar-refractivity contribution in [1.82, 2.24) is 24.5 Å². The standard InChI is InChI=1S/C26H23FN6O/c1-3-32-16-23(17(2)31-32)25-12-22(21-9-4-5-10-24(21)30-25)26(34)29-20-13-28-33(15-20)14-18-7-6-8-19(27)11-18/h4-13,15-16H,3,14H2,1-2H3,(H,29,34). The molecule has 3 aromatic heterocycles. The zero-order valence-corrected chi connectivity index (χ0v) is 18.9. The number of para-hydroxylation sites is 1. The summed E-state index contributed by atoms with van der Waals surface area (Å²) < 4.78 is 17.0. The first-order chi connectivity index (χ1) is 16.5. The number of hydrogen-bond donors (Lipinski definition) is 1. The SMILES string of the molecule is CCn1cc(-c2cc(C(=O)Nc3cnn(Cc4cccc(F)c4)c3)c3ccccc3n2)c(C)n1. The molecule has 0 fully saturated rings. The van der Waals surface area contributed by atoms with E-state index in [1.54, 1.807) is 29.2 Å². The average Bonchev–Trinajstić information content (AvgIpc) is 3.44. The van der Waals surface area contributed by atoms with Gasteiger partial charge in [0.05, 0.1) is 40.9 Å². The van der Waals surface area contributed by atoms with Crippen LogP contribution in [0.4, 0.5) is 10.1 Å². The Bertz CT molecular complexity index is 1500. The van der Waals surface area contributed by atoms with Gasteiger partial charge in [-0.2, -0.15) is 10.2 Å². The summed E-state index contributed by atoms with van der Waals surface area (Å²) in [7, 11) is 0. The maximum absolute atomic E-state index is 13.5. The second-order valence-corrected chi connectivity index (χ2v) is 8.07. The van der Waals surface area contributed by atoms with Crippen LogP contribution in [0.1, 0.15) is 28.5 Å². The number of halogens is 1. The van der Waals surface area contributed by atoms with Crippen molar-refractivity contribution >= 4 is 22.5 Å². The molecule has 1 amide bonds. The molecular formula is C26H23FN6O. The zero-order chi connectivity index (χ0) is 23.7. The van der Waals surface area contributed by atoms with Gasteiger partial charge in [0.1, 0.15) is 5.82 Å². The maximum Gasteiger partial charge on any atom is 0.256 e. The van der Waals surface area contributed by atoms with E-state index in [2.05, 4.69) is 15.5 Å². The molecule has 34 heavy (non-hydrogen) atoms. The van der Waals surface area contributed by atoms with E-state index >= 15 is 0 Å². The minimum absolute atomic E-state index is 0.259. The van der Waals surface area contributed by atoms with Gasteiger partial charge in [0.25, 0.3) is 5.91 Å². The van der Waals surface area contributed by atoms with Gasteiger partial charge in [0, 0.05) is 29.9 Å². The lowest BCUT2D eigenvalue weighted by Gasteiger charge is -2.09. The molecule has 1 N–H and O–H groups in total. The largest absolute Gasteiger partial charge is 0.319 e. The number of aryl methyl sites for hydroxylation is 2. The van der Waals surface area contributed by atoms with Crippen molar-refractivity contribution in [3.05, 3.63) is 95.8 Å². The maximum atomic E-state index is 13.5. The predicted octanol–water partition coefficient (Wildman–Crippen LogP) is 5.06. The molecular weight excluding hydrogens is 431 g/mol. The van der Waals surface area contributed by atoms with E-state index in [1.807, 2.05) is 55.1 Å². The smallest absolute Gasteiger partial charge is 0.256 e. The van der Waals surface area contributed by atoms with Gasteiger partial charge < -0.3 is 5.32 Å². The number of fused-ring (bicyclic) bond motifs is 1. The highest BCUT2D eigenvalue weighted by molar-refractivity contribution is 6.13. The van der Waals surface area contributed by atoms with Crippen LogP contribution in [-0.4, -0.2) is 30.5 Å². The summed E-state index contributed by atoms with van der Waals surface area (Å²) >= 11 is 0. The lowest BCUT2D eigenvalue weighted by molar-refractivity contribution is 0.102. The first-order valence-corrected chi connectivity index (χ1v) is 11.0. The van der Waals surface area contributed by atoms with Crippen LogP contribution in [0.5, 0.6) is 0 Å². The van der Waals surface area contributed by atoms with Gasteiger partial charge in [-0.1, -0.05) is 30.3 Å². The molecule has 0 aliphatic carbocycles. The quantitative estimate of drug-likeness (QED) is 0.389. The monoisotopic (exact) mass is 454 g/mol.